The molecule has 1 aromatic rings. The molecule has 0 aliphatic carbocycles. The number of ether oxygens (including phenoxy) is 1. The average molecular weight is 292 g/mol. The molecule has 0 spiro atoms. The summed E-state index contributed by atoms with van der Waals surface area (Å²) in [6, 6.07) is 7.97. The number of carbonyl (C=O) groups excluding carboxylic acids is 1. The first-order valence-electron chi connectivity index (χ1n) is 7.43. The lowest BCUT2D eigenvalue weighted by molar-refractivity contribution is 0.129. The van der Waals surface area contributed by atoms with Gasteiger partial charge in [0.15, 0.2) is 0 Å². The average Bonchev–Trinajstić information content (AvgIpc) is 2.54. The van der Waals surface area contributed by atoms with Crippen LogP contribution in [0.15, 0.2) is 24.3 Å². The summed E-state index contributed by atoms with van der Waals surface area (Å²) in [4.78, 5) is 13.9. The zero-order chi connectivity index (χ0) is 15.1. The van der Waals surface area contributed by atoms with E-state index in [1.807, 2.05) is 24.3 Å². The Balaban J connectivity index is 1.80. The molecule has 1 fully saturated rings. The number of amides is 2. The quantitative estimate of drug-likeness (QED) is 0.869. The van der Waals surface area contributed by atoms with Gasteiger partial charge in [-0.15, -0.1) is 0 Å². The van der Waals surface area contributed by atoms with Crippen LogP contribution in [0.25, 0.3) is 0 Å². The SMILES string of the molecule is COCc1ccc(CNC(=O)N2CCCC(CO)C2)cc1. The smallest absolute Gasteiger partial charge is 0.317 e. The molecule has 0 saturated carbocycles. The van der Waals surface area contributed by atoms with Gasteiger partial charge in [-0.25, -0.2) is 4.79 Å². The Hall–Kier alpha value is -1.59. The normalized spacial score (nSPS) is 18.6. The number of aliphatic hydroxyl groups excluding tert-OH is 1. The van der Waals surface area contributed by atoms with Gasteiger partial charge in [0.25, 0.3) is 0 Å². The van der Waals surface area contributed by atoms with Gasteiger partial charge in [-0.2, -0.15) is 0 Å². The van der Waals surface area contributed by atoms with Crippen LogP contribution in [0, 0.1) is 5.92 Å². The summed E-state index contributed by atoms with van der Waals surface area (Å²) in [5.41, 5.74) is 2.19. The maximum absolute atomic E-state index is 12.1. The van der Waals surface area contributed by atoms with Crippen molar-refractivity contribution < 1.29 is 14.6 Å². The molecule has 1 aliphatic rings. The van der Waals surface area contributed by atoms with Crippen LogP contribution in [-0.4, -0.2) is 42.8 Å². The minimum atomic E-state index is -0.0471. The predicted octanol–water partition coefficient (Wildman–Crippen LogP) is 1.75. The monoisotopic (exact) mass is 292 g/mol. The van der Waals surface area contributed by atoms with Crippen LogP contribution in [0.4, 0.5) is 4.79 Å². The molecule has 5 heteroatoms. The maximum Gasteiger partial charge on any atom is 0.317 e. The number of aliphatic hydroxyl groups is 1. The van der Waals surface area contributed by atoms with Gasteiger partial charge in [0.2, 0.25) is 0 Å². The highest BCUT2D eigenvalue weighted by atomic mass is 16.5. The van der Waals surface area contributed by atoms with E-state index in [2.05, 4.69) is 5.32 Å². The number of methoxy groups -OCH3 is 1. The van der Waals surface area contributed by atoms with E-state index in [1.54, 1.807) is 12.0 Å². The second-order valence-electron chi connectivity index (χ2n) is 5.55. The summed E-state index contributed by atoms with van der Waals surface area (Å²) in [5.74, 6) is 0.220. The van der Waals surface area contributed by atoms with E-state index >= 15 is 0 Å². The maximum atomic E-state index is 12.1. The van der Waals surface area contributed by atoms with Crippen molar-refractivity contribution in [1.29, 1.82) is 0 Å². The van der Waals surface area contributed by atoms with Gasteiger partial charge < -0.3 is 20.1 Å². The molecule has 1 aromatic carbocycles. The summed E-state index contributed by atoms with van der Waals surface area (Å²) < 4.78 is 5.07. The number of nitrogens with one attached hydrogen (secondary N) is 1. The van der Waals surface area contributed by atoms with Crippen molar-refractivity contribution in [2.75, 3.05) is 26.8 Å². The first-order valence-corrected chi connectivity index (χ1v) is 7.43. The fourth-order valence-corrected chi connectivity index (χ4v) is 2.61. The van der Waals surface area contributed by atoms with Crippen molar-refractivity contribution in [3.05, 3.63) is 35.4 Å². The molecule has 1 unspecified atom stereocenters. The summed E-state index contributed by atoms with van der Waals surface area (Å²) in [6.07, 6.45) is 1.96. The highest BCUT2D eigenvalue weighted by molar-refractivity contribution is 5.74. The first-order chi connectivity index (χ1) is 10.2. The lowest BCUT2D eigenvalue weighted by Gasteiger charge is -2.31. The highest BCUT2D eigenvalue weighted by Gasteiger charge is 2.22. The molecule has 1 aliphatic heterocycles. The zero-order valence-electron chi connectivity index (χ0n) is 12.5. The number of hydrogen-bond acceptors (Lipinski definition) is 3. The van der Waals surface area contributed by atoms with Crippen molar-refractivity contribution in [2.45, 2.75) is 26.0 Å². The van der Waals surface area contributed by atoms with Crippen molar-refractivity contribution in [2.24, 2.45) is 5.92 Å². The molecule has 0 radical (unpaired) electrons. The molecule has 0 bridgehead atoms. The molecule has 116 valence electrons. The fraction of sp³-hybridized carbons (Fsp3) is 0.562. The second-order valence-corrected chi connectivity index (χ2v) is 5.55. The summed E-state index contributed by atoms with van der Waals surface area (Å²) in [7, 11) is 1.67. The molecule has 2 rings (SSSR count). The van der Waals surface area contributed by atoms with Crippen LogP contribution < -0.4 is 5.32 Å². The van der Waals surface area contributed by atoms with E-state index in [9.17, 15) is 9.90 Å². The third kappa shape index (κ3) is 4.72. The number of likely N-dealkylation sites (tertiary alicyclic amines) is 1. The van der Waals surface area contributed by atoms with Crippen LogP contribution >= 0.6 is 0 Å². The predicted molar refractivity (Wildman–Crippen MR) is 80.8 cm³/mol. The number of carbonyl (C=O) groups is 1. The zero-order valence-corrected chi connectivity index (χ0v) is 12.5. The topological polar surface area (TPSA) is 61.8 Å². The van der Waals surface area contributed by atoms with Crippen LogP contribution in [0.3, 0.4) is 0 Å². The lowest BCUT2D eigenvalue weighted by atomic mass is 9.99. The molecule has 5 nitrogen and oxygen atoms in total. The molecule has 2 amide bonds. The van der Waals surface area contributed by atoms with Crippen LogP contribution in [0.2, 0.25) is 0 Å². The molecular weight excluding hydrogens is 268 g/mol. The number of hydrogen-bond donors (Lipinski definition) is 2. The first kappa shape index (κ1) is 15.8. The van der Waals surface area contributed by atoms with Crippen molar-refractivity contribution >= 4 is 6.03 Å². The third-order valence-corrected chi connectivity index (χ3v) is 3.84. The van der Waals surface area contributed by atoms with Gasteiger partial charge in [0.1, 0.15) is 0 Å². The number of rotatable bonds is 5. The molecule has 1 saturated heterocycles. The fourth-order valence-electron chi connectivity index (χ4n) is 2.61. The Bertz CT molecular complexity index is 447. The summed E-state index contributed by atoms with van der Waals surface area (Å²) >= 11 is 0. The minimum Gasteiger partial charge on any atom is -0.396 e. The van der Waals surface area contributed by atoms with Gasteiger partial charge >= 0.3 is 6.03 Å². The van der Waals surface area contributed by atoms with Crippen LogP contribution in [-0.2, 0) is 17.9 Å². The number of urea groups is 1. The van der Waals surface area contributed by atoms with Gasteiger partial charge in [0, 0.05) is 33.4 Å². The van der Waals surface area contributed by atoms with Crippen molar-refractivity contribution in [1.82, 2.24) is 10.2 Å². The van der Waals surface area contributed by atoms with Crippen LogP contribution in [0.5, 0.6) is 0 Å². The molecule has 1 heterocycles. The van der Waals surface area contributed by atoms with Crippen molar-refractivity contribution in [3.63, 3.8) is 0 Å². The molecular formula is C16H24N2O3. The van der Waals surface area contributed by atoms with Gasteiger partial charge in [-0.1, -0.05) is 24.3 Å². The Labute approximate surface area is 125 Å². The summed E-state index contributed by atoms with van der Waals surface area (Å²) in [5, 5.41) is 12.1. The Morgan fingerprint density at radius 2 is 2.10 bits per heavy atom. The van der Waals surface area contributed by atoms with E-state index < -0.39 is 0 Å². The minimum absolute atomic E-state index is 0.0471. The third-order valence-electron chi connectivity index (χ3n) is 3.84. The number of benzene rings is 1. The van der Waals surface area contributed by atoms with Gasteiger partial charge in [-0.05, 0) is 29.9 Å². The molecule has 0 aromatic heterocycles. The molecule has 21 heavy (non-hydrogen) atoms. The summed E-state index contributed by atoms with van der Waals surface area (Å²) in [6.45, 7) is 2.70. The van der Waals surface area contributed by atoms with E-state index in [0.717, 1.165) is 30.5 Å². The van der Waals surface area contributed by atoms with Crippen LogP contribution in [0.1, 0.15) is 24.0 Å². The Morgan fingerprint density at radius 3 is 2.76 bits per heavy atom. The molecule has 1 atom stereocenters. The standard InChI is InChI=1S/C16H24N2O3/c1-21-12-14-6-4-13(5-7-14)9-17-16(20)18-8-2-3-15(10-18)11-19/h4-7,15,19H,2-3,8-12H2,1H3,(H,17,20). The Kier molecular flexibility index (Phi) is 6.02. The van der Waals surface area contributed by atoms with Gasteiger partial charge in [0.05, 0.1) is 6.61 Å². The highest BCUT2D eigenvalue weighted by Crippen LogP contribution is 2.15. The Morgan fingerprint density at radius 1 is 1.38 bits per heavy atom. The van der Waals surface area contributed by atoms with Gasteiger partial charge in [-0.3, -0.25) is 0 Å². The molecule has 2 N–H and O–H groups in total. The largest absolute Gasteiger partial charge is 0.396 e. The number of piperidine rings is 1. The number of nitrogens with zero attached hydrogens (tertiary/aromatic N) is 1. The second kappa shape index (κ2) is 8.00. The van der Waals surface area contributed by atoms with E-state index in [-0.39, 0.29) is 18.6 Å². The van der Waals surface area contributed by atoms with E-state index in [0.29, 0.717) is 19.7 Å². The lowest BCUT2D eigenvalue weighted by Crippen LogP contribution is -2.45. The van der Waals surface area contributed by atoms with Crippen molar-refractivity contribution in [3.8, 4) is 0 Å². The van der Waals surface area contributed by atoms with E-state index in [4.69, 9.17) is 4.74 Å². The van der Waals surface area contributed by atoms with E-state index in [1.165, 1.54) is 0 Å².